The Morgan fingerprint density at radius 3 is 2.68 bits per heavy atom. The first-order chi connectivity index (χ1) is 9.08. The number of hydrogen-bond acceptors (Lipinski definition) is 1. The lowest BCUT2D eigenvalue weighted by molar-refractivity contribution is 0.167. The monoisotopic (exact) mass is 322 g/mol. The summed E-state index contributed by atoms with van der Waals surface area (Å²) in [6.45, 7) is 1.97. The third kappa shape index (κ3) is 3.64. The second-order valence-electron chi connectivity index (χ2n) is 4.65. The van der Waals surface area contributed by atoms with Crippen molar-refractivity contribution in [3.05, 3.63) is 69.4 Å². The van der Waals surface area contributed by atoms with E-state index in [4.69, 9.17) is 0 Å². The molecule has 0 fully saturated rings. The Kier molecular flexibility index (Phi) is 4.72. The summed E-state index contributed by atoms with van der Waals surface area (Å²) in [4.78, 5) is 0. The van der Waals surface area contributed by atoms with Crippen molar-refractivity contribution >= 4 is 15.9 Å². The minimum Gasteiger partial charge on any atom is -0.388 e. The van der Waals surface area contributed by atoms with Gasteiger partial charge in [-0.05, 0) is 54.7 Å². The predicted octanol–water partition coefficient (Wildman–Crippen LogP) is 4.56. The summed E-state index contributed by atoms with van der Waals surface area (Å²) in [5, 5.41) is 10.2. The normalized spacial score (nSPS) is 12.4. The Hall–Kier alpha value is -1.19. The molecule has 0 aromatic heterocycles. The fourth-order valence-electron chi connectivity index (χ4n) is 2.14. The lowest BCUT2D eigenvalue weighted by atomic mass is 9.98. The van der Waals surface area contributed by atoms with Crippen LogP contribution >= 0.6 is 15.9 Å². The lowest BCUT2D eigenvalue weighted by Gasteiger charge is -2.14. The molecule has 1 nitrogen and oxygen atoms in total. The molecule has 0 aliphatic carbocycles. The summed E-state index contributed by atoms with van der Waals surface area (Å²) < 4.78 is 14.5. The van der Waals surface area contributed by atoms with Gasteiger partial charge in [0, 0.05) is 4.47 Å². The Bertz CT molecular complexity index is 568. The molecule has 3 heteroatoms. The highest BCUT2D eigenvalue weighted by Gasteiger charge is 2.11. The smallest absolute Gasteiger partial charge is 0.126 e. The minimum atomic E-state index is -0.556. The summed E-state index contributed by atoms with van der Waals surface area (Å²) in [5.74, 6) is -0.222. The van der Waals surface area contributed by atoms with Crippen molar-refractivity contribution < 1.29 is 9.50 Å². The maximum absolute atomic E-state index is 13.6. The maximum atomic E-state index is 13.6. The van der Waals surface area contributed by atoms with Crippen LogP contribution in [0, 0.1) is 12.7 Å². The molecule has 0 saturated carbocycles. The number of aliphatic hydroxyl groups excluding tert-OH is 1. The Morgan fingerprint density at radius 1 is 1.21 bits per heavy atom. The van der Waals surface area contributed by atoms with Crippen molar-refractivity contribution in [1.29, 1.82) is 0 Å². The van der Waals surface area contributed by atoms with E-state index in [1.54, 1.807) is 12.1 Å². The van der Waals surface area contributed by atoms with Crippen LogP contribution in [0.1, 0.15) is 29.2 Å². The highest BCUT2D eigenvalue weighted by molar-refractivity contribution is 9.10. The van der Waals surface area contributed by atoms with Crippen molar-refractivity contribution in [2.24, 2.45) is 0 Å². The fourth-order valence-corrected chi connectivity index (χ4v) is 2.55. The average Bonchev–Trinajstić information content (AvgIpc) is 2.40. The van der Waals surface area contributed by atoms with E-state index in [0.717, 1.165) is 15.6 Å². The SMILES string of the molecule is Cc1ccccc1[C@@H](O)CCc1cc(Br)ccc1F. The molecule has 0 aliphatic heterocycles. The Labute approximate surface area is 121 Å². The molecule has 2 rings (SSSR count). The van der Waals surface area contributed by atoms with E-state index in [2.05, 4.69) is 15.9 Å². The van der Waals surface area contributed by atoms with E-state index < -0.39 is 6.10 Å². The molecule has 1 atom stereocenters. The average molecular weight is 323 g/mol. The van der Waals surface area contributed by atoms with Crippen LogP contribution in [0.3, 0.4) is 0 Å². The molecule has 1 N–H and O–H groups in total. The van der Waals surface area contributed by atoms with Crippen molar-refractivity contribution in [2.45, 2.75) is 25.9 Å². The minimum absolute atomic E-state index is 0.222. The Morgan fingerprint density at radius 2 is 1.95 bits per heavy atom. The maximum Gasteiger partial charge on any atom is 0.126 e. The van der Waals surface area contributed by atoms with Crippen LogP contribution in [-0.2, 0) is 6.42 Å². The topological polar surface area (TPSA) is 20.2 Å². The van der Waals surface area contributed by atoms with Gasteiger partial charge in [0.15, 0.2) is 0 Å². The van der Waals surface area contributed by atoms with Crippen LogP contribution in [0.25, 0.3) is 0 Å². The van der Waals surface area contributed by atoms with Crippen LogP contribution in [0.4, 0.5) is 4.39 Å². The number of aliphatic hydroxyl groups is 1. The van der Waals surface area contributed by atoms with Gasteiger partial charge in [0.25, 0.3) is 0 Å². The third-order valence-corrected chi connectivity index (χ3v) is 3.74. The second-order valence-corrected chi connectivity index (χ2v) is 5.56. The molecule has 0 amide bonds. The van der Waals surface area contributed by atoms with Crippen LogP contribution in [0.2, 0.25) is 0 Å². The van der Waals surface area contributed by atoms with Gasteiger partial charge in [-0.1, -0.05) is 40.2 Å². The third-order valence-electron chi connectivity index (χ3n) is 3.24. The molecule has 2 aromatic carbocycles. The summed E-state index contributed by atoms with van der Waals surface area (Å²) in [7, 11) is 0. The van der Waals surface area contributed by atoms with E-state index in [1.165, 1.54) is 6.07 Å². The molecule has 2 aromatic rings. The molecule has 0 radical (unpaired) electrons. The standard InChI is InChI=1S/C16H16BrFO/c1-11-4-2-3-5-14(11)16(19)9-6-12-10-13(17)7-8-15(12)18/h2-5,7-8,10,16,19H,6,9H2,1H3/t16-/m0/s1. The van der Waals surface area contributed by atoms with Gasteiger partial charge in [0.2, 0.25) is 0 Å². The Balaban J connectivity index is 2.06. The van der Waals surface area contributed by atoms with Gasteiger partial charge in [-0.15, -0.1) is 0 Å². The molecule has 0 unspecified atom stereocenters. The number of rotatable bonds is 4. The summed E-state index contributed by atoms with van der Waals surface area (Å²) >= 11 is 3.33. The first kappa shape index (κ1) is 14.2. The van der Waals surface area contributed by atoms with E-state index in [1.807, 2.05) is 31.2 Å². The molecular formula is C16H16BrFO. The number of halogens is 2. The lowest BCUT2D eigenvalue weighted by Crippen LogP contribution is -2.02. The zero-order chi connectivity index (χ0) is 13.8. The molecule has 0 heterocycles. The zero-order valence-electron chi connectivity index (χ0n) is 10.7. The number of benzene rings is 2. The quantitative estimate of drug-likeness (QED) is 0.874. The second kappa shape index (κ2) is 6.31. The van der Waals surface area contributed by atoms with E-state index >= 15 is 0 Å². The van der Waals surface area contributed by atoms with E-state index in [9.17, 15) is 9.50 Å². The van der Waals surface area contributed by atoms with Gasteiger partial charge in [0.1, 0.15) is 5.82 Å². The van der Waals surface area contributed by atoms with E-state index in [-0.39, 0.29) is 5.82 Å². The van der Waals surface area contributed by atoms with Gasteiger partial charge in [-0.2, -0.15) is 0 Å². The van der Waals surface area contributed by atoms with Crippen molar-refractivity contribution in [1.82, 2.24) is 0 Å². The molecule has 19 heavy (non-hydrogen) atoms. The highest BCUT2D eigenvalue weighted by Crippen LogP contribution is 2.24. The number of hydrogen-bond donors (Lipinski definition) is 1. The fraction of sp³-hybridized carbons (Fsp3) is 0.250. The van der Waals surface area contributed by atoms with Gasteiger partial charge < -0.3 is 5.11 Å². The zero-order valence-corrected chi connectivity index (χ0v) is 12.3. The van der Waals surface area contributed by atoms with Crippen LogP contribution in [0.15, 0.2) is 46.9 Å². The molecule has 0 saturated heterocycles. The highest BCUT2D eigenvalue weighted by atomic mass is 79.9. The summed E-state index contributed by atoms with van der Waals surface area (Å²) in [6, 6.07) is 12.6. The number of aryl methyl sites for hydroxylation is 2. The van der Waals surface area contributed by atoms with Gasteiger partial charge in [-0.25, -0.2) is 4.39 Å². The summed E-state index contributed by atoms with van der Waals surface area (Å²) in [6.07, 6.45) is 0.471. The van der Waals surface area contributed by atoms with Crippen LogP contribution < -0.4 is 0 Å². The van der Waals surface area contributed by atoms with Gasteiger partial charge in [-0.3, -0.25) is 0 Å². The first-order valence-corrected chi connectivity index (χ1v) is 7.05. The predicted molar refractivity (Wildman–Crippen MR) is 78.6 cm³/mol. The van der Waals surface area contributed by atoms with Crippen LogP contribution in [-0.4, -0.2) is 5.11 Å². The molecule has 0 aliphatic rings. The van der Waals surface area contributed by atoms with Crippen molar-refractivity contribution in [3.8, 4) is 0 Å². The summed E-state index contributed by atoms with van der Waals surface area (Å²) in [5.41, 5.74) is 2.60. The molecule has 100 valence electrons. The first-order valence-electron chi connectivity index (χ1n) is 6.25. The molecule has 0 bridgehead atoms. The van der Waals surface area contributed by atoms with Crippen molar-refractivity contribution in [2.75, 3.05) is 0 Å². The molecular weight excluding hydrogens is 307 g/mol. The van der Waals surface area contributed by atoms with E-state index in [0.29, 0.717) is 18.4 Å². The van der Waals surface area contributed by atoms with Crippen LogP contribution in [0.5, 0.6) is 0 Å². The molecule has 0 spiro atoms. The van der Waals surface area contributed by atoms with Crippen molar-refractivity contribution in [3.63, 3.8) is 0 Å². The van der Waals surface area contributed by atoms with Gasteiger partial charge in [0.05, 0.1) is 6.10 Å². The largest absolute Gasteiger partial charge is 0.388 e. The van der Waals surface area contributed by atoms with Gasteiger partial charge >= 0.3 is 0 Å².